The quantitative estimate of drug-likeness (QED) is 0.553. The zero-order valence-electron chi connectivity index (χ0n) is 6.37. The maximum absolute atomic E-state index is 8.58. The van der Waals surface area contributed by atoms with Crippen molar-refractivity contribution in [3.8, 4) is 29.8 Å². The molecule has 0 fully saturated rings. The van der Waals surface area contributed by atoms with Crippen LogP contribution in [0, 0.1) is 100.0 Å². The Kier molecular flexibility index (Phi) is 3.78. The molecule has 0 aliphatic rings. The summed E-state index contributed by atoms with van der Waals surface area (Å²) in [6.45, 7) is 0. The van der Waals surface area contributed by atoms with Gasteiger partial charge in [0.15, 0.2) is 0 Å². The number of hydrogen-bond donors (Lipinski definition) is 0. The SMILES string of the molecule is N#[C][Fe-3]([C]#N)([C]#N)([C]#N)([C]#N)[C]#N.[Tb+3]. The normalized spacial score (nSPS) is 12.4. The Hall–Kier alpha value is -1.25. The second-order valence-electron chi connectivity index (χ2n) is 1.80. The van der Waals surface area contributed by atoms with Gasteiger partial charge in [0.2, 0.25) is 0 Å². The van der Waals surface area contributed by atoms with Crippen molar-refractivity contribution in [1.82, 2.24) is 0 Å². The van der Waals surface area contributed by atoms with Gasteiger partial charge in [0.05, 0.1) is 0 Å². The summed E-state index contributed by atoms with van der Waals surface area (Å²) in [5.74, 6) is 0. The van der Waals surface area contributed by atoms with Crippen molar-refractivity contribution < 1.29 is 49.3 Å². The van der Waals surface area contributed by atoms with E-state index in [0.717, 1.165) is 29.8 Å². The molecule has 14 heavy (non-hydrogen) atoms. The fraction of sp³-hybridized carbons (Fsp3) is 0. The predicted molar refractivity (Wildman–Crippen MR) is 33.7 cm³/mol. The van der Waals surface area contributed by atoms with E-state index in [9.17, 15) is 0 Å². The maximum atomic E-state index is 8.58. The van der Waals surface area contributed by atoms with E-state index in [1.165, 1.54) is 0 Å². The van der Waals surface area contributed by atoms with E-state index >= 15 is 0 Å². The molecule has 0 aliphatic heterocycles. The van der Waals surface area contributed by atoms with Crippen molar-refractivity contribution in [1.29, 1.82) is 31.6 Å². The van der Waals surface area contributed by atoms with Crippen LogP contribution in [-0.4, -0.2) is 0 Å². The summed E-state index contributed by atoms with van der Waals surface area (Å²) in [6, 6.07) is 0. The van der Waals surface area contributed by atoms with Gasteiger partial charge in [-0.05, 0) is 0 Å². The number of nitriles is 6. The number of nitrogens with zero attached hydrogens (tertiary/aromatic N) is 6. The van der Waals surface area contributed by atoms with Crippen molar-refractivity contribution in [3.05, 3.63) is 0 Å². The Morgan fingerprint density at radius 3 is 0.643 bits per heavy atom. The molecule has 0 unspecified atom stereocenters. The van der Waals surface area contributed by atoms with E-state index in [2.05, 4.69) is 0 Å². The molecule has 0 radical (unpaired) electrons. The topological polar surface area (TPSA) is 143 Å². The molecule has 0 aromatic carbocycles. The minimum absolute atomic E-state index is 0. The van der Waals surface area contributed by atoms with E-state index in [1.807, 2.05) is 0 Å². The summed E-state index contributed by atoms with van der Waals surface area (Å²) in [5.41, 5.74) is 0. The number of hydrogen-bond acceptors (Lipinski definition) is 6. The van der Waals surface area contributed by atoms with Gasteiger partial charge in [-0.15, -0.1) is 0 Å². The van der Waals surface area contributed by atoms with Crippen molar-refractivity contribution in [2.24, 2.45) is 0 Å². The molecule has 6 nitrogen and oxygen atoms in total. The molecular formula is C6FeN6Tb. The van der Waals surface area contributed by atoms with Crippen LogP contribution >= 0.6 is 0 Å². The first-order valence-corrected chi connectivity index (χ1v) is 5.71. The molecule has 0 N–H and O–H groups in total. The Bertz CT molecular complexity index is 392. The minimum Gasteiger partial charge on any atom is 3.00 e. The third kappa shape index (κ3) is 1.23. The van der Waals surface area contributed by atoms with Gasteiger partial charge < -0.3 is 0 Å². The summed E-state index contributed by atoms with van der Waals surface area (Å²) in [5, 5.41) is 51.5. The van der Waals surface area contributed by atoms with Crippen LogP contribution in [0.3, 0.4) is 0 Å². The van der Waals surface area contributed by atoms with Crippen LogP contribution in [0.1, 0.15) is 0 Å². The zero-order chi connectivity index (χ0) is 10.7. The van der Waals surface area contributed by atoms with Gasteiger partial charge in [0.1, 0.15) is 0 Å². The third-order valence-electron chi connectivity index (χ3n) is 1.19. The average Bonchev–Trinajstić information content (AvgIpc) is 2.26. The number of rotatable bonds is 0. The standard InChI is InChI=1S/6CN.Fe.Tb/c6*1-2;;/q;;;;;;-3;+3. The van der Waals surface area contributed by atoms with Gasteiger partial charge in [-0.25, -0.2) is 0 Å². The molecule has 0 saturated carbocycles. The van der Waals surface area contributed by atoms with Crippen LogP contribution in [0.25, 0.3) is 0 Å². The molecule has 0 aromatic rings. The van der Waals surface area contributed by atoms with Crippen LogP contribution in [0.4, 0.5) is 0 Å². The summed E-state index contributed by atoms with van der Waals surface area (Å²) < 4.78 is 0. The van der Waals surface area contributed by atoms with Crippen molar-refractivity contribution >= 4 is 0 Å². The summed E-state index contributed by atoms with van der Waals surface area (Å²) in [6.07, 6.45) is 0. The fourth-order valence-electron chi connectivity index (χ4n) is 0.265. The first-order chi connectivity index (χ1) is 5.97. The van der Waals surface area contributed by atoms with Crippen LogP contribution in [0.2, 0.25) is 0 Å². The fourth-order valence-corrected chi connectivity index (χ4v) is 1.09. The zero-order valence-corrected chi connectivity index (χ0v) is 9.61. The van der Waals surface area contributed by atoms with Gasteiger partial charge in [0, 0.05) is 0 Å². The van der Waals surface area contributed by atoms with Crippen molar-refractivity contribution in [3.63, 3.8) is 0 Å². The van der Waals surface area contributed by atoms with E-state index in [1.54, 1.807) is 0 Å². The second kappa shape index (κ2) is 3.48. The van der Waals surface area contributed by atoms with Gasteiger partial charge in [0.25, 0.3) is 0 Å². The minimum atomic E-state index is -6.17. The second-order valence-corrected chi connectivity index (χ2v) is 7.42. The van der Waals surface area contributed by atoms with Gasteiger partial charge in [-0.3, -0.25) is 0 Å². The molecule has 0 heterocycles. The first-order valence-electron chi connectivity index (χ1n) is 2.40. The van der Waals surface area contributed by atoms with E-state index < -0.39 is 10.7 Å². The van der Waals surface area contributed by atoms with E-state index in [4.69, 9.17) is 31.6 Å². The maximum Gasteiger partial charge on any atom is 3.00 e. The molecule has 8 heteroatoms. The molecule has 0 aromatic heterocycles. The Labute approximate surface area is 110 Å². The molecule has 0 amide bonds. The molecule has 0 saturated heterocycles. The molecular weight excluding hydrogens is 371 g/mol. The summed E-state index contributed by atoms with van der Waals surface area (Å²) in [7, 11) is -6.17. The molecule has 0 bridgehead atoms. The first kappa shape index (κ1) is 15.2. The van der Waals surface area contributed by atoms with Gasteiger partial charge in [-0.1, -0.05) is 0 Å². The van der Waals surface area contributed by atoms with E-state index in [-0.39, 0.29) is 38.6 Å². The van der Waals surface area contributed by atoms with Gasteiger partial charge in [-0.2, -0.15) is 0 Å². The molecule has 0 spiro atoms. The third-order valence-corrected chi connectivity index (χ3v) is 4.89. The average molecular weight is 371 g/mol. The van der Waals surface area contributed by atoms with E-state index in [0.29, 0.717) is 0 Å². The van der Waals surface area contributed by atoms with Crippen LogP contribution in [0.5, 0.6) is 0 Å². The Balaban J connectivity index is 0. The summed E-state index contributed by atoms with van der Waals surface area (Å²) in [4.78, 5) is 6.19. The molecule has 0 rings (SSSR count). The largest absolute Gasteiger partial charge is 3.00 e. The Morgan fingerprint density at radius 1 is 0.500 bits per heavy atom. The van der Waals surface area contributed by atoms with Crippen LogP contribution in [-0.2, 0) is 10.7 Å². The summed E-state index contributed by atoms with van der Waals surface area (Å²) >= 11 is 0. The predicted octanol–water partition coefficient (Wildman–Crippen LogP) is 0.0982. The Morgan fingerprint density at radius 2 is 0.643 bits per heavy atom. The molecule has 71 valence electrons. The molecule has 0 atom stereocenters. The van der Waals surface area contributed by atoms with Gasteiger partial charge >= 0.3 is 111 Å². The smallest absolute Gasteiger partial charge is 3.00 e. The van der Waals surface area contributed by atoms with Crippen LogP contribution < -0.4 is 0 Å². The van der Waals surface area contributed by atoms with Crippen molar-refractivity contribution in [2.45, 2.75) is 0 Å². The van der Waals surface area contributed by atoms with Crippen LogP contribution in [0.15, 0.2) is 0 Å². The monoisotopic (exact) mass is 371 g/mol. The van der Waals surface area contributed by atoms with Crippen molar-refractivity contribution in [2.75, 3.05) is 0 Å². The molecule has 0 aliphatic carbocycles.